The van der Waals surface area contributed by atoms with E-state index in [0.717, 1.165) is 31.4 Å². The fourth-order valence-corrected chi connectivity index (χ4v) is 2.62. The van der Waals surface area contributed by atoms with E-state index in [-0.39, 0.29) is 18.0 Å². The molecule has 2 rings (SSSR count). The van der Waals surface area contributed by atoms with Crippen LogP contribution in [-0.4, -0.2) is 33.7 Å². The Morgan fingerprint density at radius 3 is 3.06 bits per heavy atom. The zero-order valence-electron chi connectivity index (χ0n) is 11.2. The van der Waals surface area contributed by atoms with Crippen LogP contribution in [0.1, 0.15) is 44.2 Å². The maximum absolute atomic E-state index is 11.9. The van der Waals surface area contributed by atoms with Gasteiger partial charge in [0.05, 0.1) is 12.2 Å². The lowest BCUT2D eigenvalue weighted by atomic mass is 9.99. The monoisotopic (exact) mass is 250 g/mol. The number of nitrogens with zero attached hydrogens (tertiary/aromatic N) is 3. The van der Waals surface area contributed by atoms with E-state index in [9.17, 15) is 4.79 Å². The summed E-state index contributed by atoms with van der Waals surface area (Å²) in [5.41, 5.74) is 7.27. The molecule has 1 saturated heterocycles. The van der Waals surface area contributed by atoms with Crippen molar-refractivity contribution in [2.45, 2.75) is 51.2 Å². The number of rotatable bonds is 3. The Labute approximate surface area is 108 Å². The highest BCUT2D eigenvalue weighted by molar-refractivity contribution is 5.76. The quantitative estimate of drug-likeness (QED) is 0.879. The van der Waals surface area contributed by atoms with E-state index in [1.165, 1.54) is 0 Å². The van der Waals surface area contributed by atoms with E-state index in [1.807, 2.05) is 24.1 Å². The van der Waals surface area contributed by atoms with Gasteiger partial charge in [-0.15, -0.1) is 0 Å². The molecule has 0 aliphatic carbocycles. The molecule has 1 fully saturated rings. The van der Waals surface area contributed by atoms with Crippen LogP contribution >= 0.6 is 0 Å². The number of likely N-dealkylation sites (tertiary alicyclic amines) is 1. The molecule has 100 valence electrons. The summed E-state index contributed by atoms with van der Waals surface area (Å²) in [6.07, 6.45) is 7.28. The summed E-state index contributed by atoms with van der Waals surface area (Å²) in [5.74, 6) is 0.177. The van der Waals surface area contributed by atoms with Crippen molar-refractivity contribution < 1.29 is 4.79 Å². The standard InChI is InChI=1S/C13H22N4O/c1-3-7-17-9-10(8-15-17)13-11(14)5-4-6-12(18)16(13)2/h8-9,11,13H,3-7,14H2,1-2H3. The van der Waals surface area contributed by atoms with Crippen molar-refractivity contribution in [2.24, 2.45) is 5.73 Å². The predicted octanol–water partition coefficient (Wildman–Crippen LogP) is 1.30. The molecule has 1 aromatic rings. The zero-order valence-corrected chi connectivity index (χ0v) is 11.2. The number of hydrogen-bond donors (Lipinski definition) is 1. The minimum atomic E-state index is -0.0365. The number of likely N-dealkylation sites (N-methyl/N-ethyl adjacent to an activating group) is 1. The number of hydrogen-bond acceptors (Lipinski definition) is 3. The summed E-state index contributed by atoms with van der Waals surface area (Å²) < 4.78 is 1.92. The molecule has 0 radical (unpaired) electrons. The van der Waals surface area contributed by atoms with E-state index in [0.29, 0.717) is 6.42 Å². The Hall–Kier alpha value is -1.36. The summed E-state index contributed by atoms with van der Waals surface area (Å²) >= 11 is 0. The minimum absolute atomic E-state index is 0.000673. The van der Waals surface area contributed by atoms with Crippen molar-refractivity contribution in [3.8, 4) is 0 Å². The molecule has 1 aliphatic heterocycles. The summed E-state index contributed by atoms with van der Waals surface area (Å²) in [6.45, 7) is 3.02. The van der Waals surface area contributed by atoms with Gasteiger partial charge in [-0.25, -0.2) is 0 Å². The topological polar surface area (TPSA) is 64.2 Å². The van der Waals surface area contributed by atoms with Crippen LogP contribution in [0.3, 0.4) is 0 Å². The van der Waals surface area contributed by atoms with Gasteiger partial charge in [-0.1, -0.05) is 6.92 Å². The SMILES string of the molecule is CCCn1cc(C2C(N)CCCC(=O)N2C)cn1. The van der Waals surface area contributed by atoms with Gasteiger partial charge in [-0.3, -0.25) is 9.48 Å². The summed E-state index contributed by atoms with van der Waals surface area (Å²) in [4.78, 5) is 13.7. The molecule has 0 saturated carbocycles. The third-order valence-corrected chi connectivity index (χ3v) is 3.59. The molecule has 1 amide bonds. The Kier molecular flexibility index (Phi) is 4.01. The maximum Gasteiger partial charge on any atom is 0.222 e. The normalized spacial score (nSPS) is 25.3. The maximum atomic E-state index is 11.9. The summed E-state index contributed by atoms with van der Waals surface area (Å²) in [7, 11) is 1.84. The number of carbonyl (C=O) groups is 1. The third kappa shape index (κ3) is 2.56. The molecule has 5 nitrogen and oxygen atoms in total. The molecule has 5 heteroatoms. The Morgan fingerprint density at radius 2 is 2.33 bits per heavy atom. The van der Waals surface area contributed by atoms with Crippen molar-refractivity contribution in [3.05, 3.63) is 18.0 Å². The Balaban J connectivity index is 2.23. The number of aryl methyl sites for hydroxylation is 1. The van der Waals surface area contributed by atoms with Crippen LogP contribution in [0.5, 0.6) is 0 Å². The van der Waals surface area contributed by atoms with Gasteiger partial charge < -0.3 is 10.6 Å². The second-order valence-electron chi connectivity index (χ2n) is 5.04. The minimum Gasteiger partial charge on any atom is -0.337 e. The number of amides is 1. The highest BCUT2D eigenvalue weighted by Gasteiger charge is 2.31. The first-order valence-corrected chi connectivity index (χ1v) is 6.67. The van der Waals surface area contributed by atoms with E-state index in [4.69, 9.17) is 5.73 Å². The van der Waals surface area contributed by atoms with Crippen LogP contribution in [-0.2, 0) is 11.3 Å². The smallest absolute Gasteiger partial charge is 0.222 e. The molecular weight excluding hydrogens is 228 g/mol. The molecule has 2 atom stereocenters. The van der Waals surface area contributed by atoms with Crippen molar-refractivity contribution in [1.82, 2.24) is 14.7 Å². The van der Waals surface area contributed by atoms with Crippen LogP contribution in [0, 0.1) is 0 Å². The van der Waals surface area contributed by atoms with Gasteiger partial charge in [0.1, 0.15) is 0 Å². The van der Waals surface area contributed by atoms with Crippen molar-refractivity contribution in [1.29, 1.82) is 0 Å². The average Bonchev–Trinajstić information content (AvgIpc) is 2.73. The lowest BCUT2D eigenvalue weighted by Gasteiger charge is -2.29. The fraction of sp³-hybridized carbons (Fsp3) is 0.692. The first kappa shape index (κ1) is 13.1. The fourth-order valence-electron chi connectivity index (χ4n) is 2.62. The van der Waals surface area contributed by atoms with E-state index in [1.54, 1.807) is 4.90 Å². The van der Waals surface area contributed by atoms with E-state index >= 15 is 0 Å². The molecule has 2 N–H and O–H groups in total. The van der Waals surface area contributed by atoms with Crippen LogP contribution in [0.25, 0.3) is 0 Å². The van der Waals surface area contributed by atoms with Gasteiger partial charge >= 0.3 is 0 Å². The number of nitrogens with two attached hydrogens (primary N) is 1. The third-order valence-electron chi connectivity index (χ3n) is 3.59. The van der Waals surface area contributed by atoms with Crippen LogP contribution in [0.4, 0.5) is 0 Å². The van der Waals surface area contributed by atoms with Crippen molar-refractivity contribution in [2.75, 3.05) is 7.05 Å². The van der Waals surface area contributed by atoms with Gasteiger partial charge in [0.15, 0.2) is 0 Å². The Bertz CT molecular complexity index is 415. The van der Waals surface area contributed by atoms with Crippen molar-refractivity contribution >= 4 is 5.91 Å². The molecule has 0 bridgehead atoms. The molecule has 1 aliphatic rings. The van der Waals surface area contributed by atoms with Crippen molar-refractivity contribution in [3.63, 3.8) is 0 Å². The average molecular weight is 250 g/mol. The first-order chi connectivity index (χ1) is 8.63. The van der Waals surface area contributed by atoms with Gasteiger partial charge in [0, 0.05) is 37.8 Å². The van der Waals surface area contributed by atoms with Crippen LogP contribution < -0.4 is 5.73 Å². The highest BCUT2D eigenvalue weighted by Crippen LogP contribution is 2.28. The van der Waals surface area contributed by atoms with Gasteiger partial charge in [-0.2, -0.15) is 5.10 Å². The second kappa shape index (κ2) is 5.52. The molecule has 0 spiro atoms. The second-order valence-corrected chi connectivity index (χ2v) is 5.04. The van der Waals surface area contributed by atoms with E-state index < -0.39 is 0 Å². The predicted molar refractivity (Wildman–Crippen MR) is 69.9 cm³/mol. The highest BCUT2D eigenvalue weighted by atomic mass is 16.2. The summed E-state index contributed by atoms with van der Waals surface area (Å²) in [6, 6.07) is -0.0358. The largest absolute Gasteiger partial charge is 0.337 e. The Morgan fingerprint density at radius 1 is 1.56 bits per heavy atom. The molecule has 2 unspecified atom stereocenters. The lowest BCUT2D eigenvalue weighted by Crippen LogP contribution is -2.39. The first-order valence-electron chi connectivity index (χ1n) is 6.67. The van der Waals surface area contributed by atoms with E-state index in [2.05, 4.69) is 12.0 Å². The zero-order chi connectivity index (χ0) is 13.1. The molecule has 18 heavy (non-hydrogen) atoms. The lowest BCUT2D eigenvalue weighted by molar-refractivity contribution is -0.131. The molecule has 2 heterocycles. The van der Waals surface area contributed by atoms with Gasteiger partial charge in [0.25, 0.3) is 0 Å². The number of carbonyl (C=O) groups excluding carboxylic acids is 1. The van der Waals surface area contributed by atoms with Gasteiger partial charge in [0.2, 0.25) is 5.91 Å². The van der Waals surface area contributed by atoms with Crippen LogP contribution in [0.15, 0.2) is 12.4 Å². The molecule has 1 aromatic heterocycles. The molecular formula is C13H22N4O. The number of aromatic nitrogens is 2. The summed E-state index contributed by atoms with van der Waals surface area (Å²) in [5, 5.41) is 4.33. The van der Waals surface area contributed by atoms with Gasteiger partial charge in [-0.05, 0) is 19.3 Å². The van der Waals surface area contributed by atoms with Crippen LogP contribution in [0.2, 0.25) is 0 Å². The molecule has 0 aromatic carbocycles.